The highest BCUT2D eigenvalue weighted by atomic mass is 16.5. The van der Waals surface area contributed by atoms with E-state index in [1.807, 2.05) is 6.92 Å². The van der Waals surface area contributed by atoms with Gasteiger partial charge in [0.15, 0.2) is 0 Å². The van der Waals surface area contributed by atoms with Crippen LogP contribution in [0.2, 0.25) is 0 Å². The Morgan fingerprint density at radius 2 is 2.22 bits per heavy atom. The van der Waals surface area contributed by atoms with E-state index in [9.17, 15) is 4.79 Å². The predicted octanol–water partition coefficient (Wildman–Crippen LogP) is 1.55. The van der Waals surface area contributed by atoms with E-state index in [-0.39, 0.29) is 23.9 Å². The monoisotopic (exact) mass is 256 g/mol. The molecule has 0 aromatic carbocycles. The average molecular weight is 256 g/mol. The quantitative estimate of drug-likeness (QED) is 0.758. The van der Waals surface area contributed by atoms with E-state index >= 15 is 0 Å². The Labute approximate surface area is 111 Å². The molecule has 0 aliphatic carbocycles. The molecule has 1 fully saturated rings. The van der Waals surface area contributed by atoms with Crippen LogP contribution in [0.1, 0.15) is 40.5 Å². The number of amides is 1. The minimum Gasteiger partial charge on any atom is -0.380 e. The van der Waals surface area contributed by atoms with Crippen molar-refractivity contribution in [3.8, 4) is 0 Å². The fraction of sp³-hybridized carbons (Fsp3) is 0.929. The fourth-order valence-electron chi connectivity index (χ4n) is 2.34. The Morgan fingerprint density at radius 1 is 1.50 bits per heavy atom. The molecule has 4 nitrogen and oxygen atoms in total. The molecule has 0 radical (unpaired) electrons. The van der Waals surface area contributed by atoms with Crippen molar-refractivity contribution in [1.29, 1.82) is 0 Å². The van der Waals surface area contributed by atoms with Crippen molar-refractivity contribution in [2.75, 3.05) is 19.8 Å². The van der Waals surface area contributed by atoms with Crippen molar-refractivity contribution in [3.63, 3.8) is 0 Å². The molecule has 0 bridgehead atoms. The second-order valence-corrected chi connectivity index (χ2v) is 5.51. The molecular weight excluding hydrogens is 228 g/mol. The molecule has 1 aliphatic heterocycles. The van der Waals surface area contributed by atoms with Gasteiger partial charge in [0.2, 0.25) is 5.91 Å². The Kier molecular flexibility index (Phi) is 6.65. The largest absolute Gasteiger partial charge is 0.380 e. The number of ether oxygens (including phenoxy) is 1. The summed E-state index contributed by atoms with van der Waals surface area (Å²) in [5, 5.41) is 6.51. The van der Waals surface area contributed by atoms with Crippen LogP contribution in [-0.4, -0.2) is 37.7 Å². The number of carbonyl (C=O) groups excluding carboxylic acids is 1. The minimum absolute atomic E-state index is 0.0987. The standard InChI is InChI=1S/C14H28N2O2/c1-5-18-9-13(10(2)3)16-14(17)12-7-6-8-15-11(12)4/h10-13,15H,5-9H2,1-4H3,(H,16,17). The molecule has 1 saturated heterocycles. The zero-order valence-electron chi connectivity index (χ0n) is 12.2. The lowest BCUT2D eigenvalue weighted by Gasteiger charge is -2.31. The summed E-state index contributed by atoms with van der Waals surface area (Å²) in [5.74, 6) is 0.669. The van der Waals surface area contributed by atoms with Gasteiger partial charge < -0.3 is 15.4 Å². The molecule has 3 unspecified atom stereocenters. The summed E-state index contributed by atoms with van der Waals surface area (Å²) < 4.78 is 5.44. The first-order chi connectivity index (χ1) is 8.56. The van der Waals surface area contributed by atoms with Crippen LogP contribution in [0, 0.1) is 11.8 Å². The lowest BCUT2D eigenvalue weighted by Crippen LogP contribution is -2.51. The van der Waals surface area contributed by atoms with Crippen LogP contribution >= 0.6 is 0 Å². The molecule has 18 heavy (non-hydrogen) atoms. The molecule has 1 rings (SSSR count). The van der Waals surface area contributed by atoms with Crippen LogP contribution in [0.25, 0.3) is 0 Å². The van der Waals surface area contributed by atoms with E-state index in [0.717, 1.165) is 19.4 Å². The van der Waals surface area contributed by atoms with Crippen molar-refractivity contribution >= 4 is 5.91 Å². The Hall–Kier alpha value is -0.610. The average Bonchev–Trinajstić information content (AvgIpc) is 2.34. The number of nitrogens with one attached hydrogen (secondary N) is 2. The highest BCUT2D eigenvalue weighted by Crippen LogP contribution is 2.17. The number of piperidine rings is 1. The summed E-state index contributed by atoms with van der Waals surface area (Å²) in [4.78, 5) is 12.3. The minimum atomic E-state index is 0.0987. The highest BCUT2D eigenvalue weighted by Gasteiger charge is 2.29. The fourth-order valence-corrected chi connectivity index (χ4v) is 2.34. The van der Waals surface area contributed by atoms with Crippen LogP contribution in [0.5, 0.6) is 0 Å². The van der Waals surface area contributed by atoms with Gasteiger partial charge in [-0.2, -0.15) is 0 Å². The zero-order valence-corrected chi connectivity index (χ0v) is 12.2. The first-order valence-corrected chi connectivity index (χ1v) is 7.17. The van der Waals surface area contributed by atoms with Gasteiger partial charge in [-0.25, -0.2) is 0 Å². The number of hydrogen-bond donors (Lipinski definition) is 2. The number of hydrogen-bond acceptors (Lipinski definition) is 3. The van der Waals surface area contributed by atoms with E-state index < -0.39 is 0 Å². The second-order valence-electron chi connectivity index (χ2n) is 5.51. The van der Waals surface area contributed by atoms with Crippen molar-refractivity contribution in [3.05, 3.63) is 0 Å². The maximum atomic E-state index is 12.3. The number of carbonyl (C=O) groups is 1. The molecule has 0 aromatic rings. The van der Waals surface area contributed by atoms with E-state index in [1.165, 1.54) is 0 Å². The summed E-state index contributed by atoms with van der Waals surface area (Å²) in [7, 11) is 0. The van der Waals surface area contributed by atoms with Crippen molar-refractivity contribution in [2.45, 2.75) is 52.6 Å². The molecule has 0 spiro atoms. The van der Waals surface area contributed by atoms with E-state index in [0.29, 0.717) is 19.1 Å². The van der Waals surface area contributed by atoms with Gasteiger partial charge in [0.1, 0.15) is 0 Å². The van der Waals surface area contributed by atoms with Gasteiger partial charge in [-0.3, -0.25) is 4.79 Å². The molecule has 1 aliphatic rings. The lowest BCUT2D eigenvalue weighted by molar-refractivity contribution is -0.128. The molecular formula is C14H28N2O2. The molecule has 2 N–H and O–H groups in total. The maximum Gasteiger partial charge on any atom is 0.224 e. The van der Waals surface area contributed by atoms with E-state index in [4.69, 9.17) is 4.74 Å². The van der Waals surface area contributed by atoms with Crippen LogP contribution in [0.3, 0.4) is 0 Å². The maximum absolute atomic E-state index is 12.3. The Bertz CT molecular complexity index is 256. The molecule has 0 saturated carbocycles. The summed E-state index contributed by atoms with van der Waals surface area (Å²) in [6.45, 7) is 10.6. The molecule has 1 heterocycles. The number of rotatable bonds is 6. The zero-order chi connectivity index (χ0) is 13.5. The summed E-state index contributed by atoms with van der Waals surface area (Å²) >= 11 is 0. The summed E-state index contributed by atoms with van der Waals surface area (Å²) in [5.41, 5.74) is 0. The van der Waals surface area contributed by atoms with Crippen molar-refractivity contribution < 1.29 is 9.53 Å². The van der Waals surface area contributed by atoms with Crippen LogP contribution in [-0.2, 0) is 9.53 Å². The second kappa shape index (κ2) is 7.74. The van der Waals surface area contributed by atoms with Gasteiger partial charge >= 0.3 is 0 Å². The van der Waals surface area contributed by atoms with Gasteiger partial charge in [0, 0.05) is 12.6 Å². The first-order valence-electron chi connectivity index (χ1n) is 7.17. The van der Waals surface area contributed by atoms with Crippen LogP contribution < -0.4 is 10.6 Å². The third kappa shape index (κ3) is 4.58. The van der Waals surface area contributed by atoms with Gasteiger partial charge in [-0.1, -0.05) is 13.8 Å². The topological polar surface area (TPSA) is 50.4 Å². The molecule has 4 heteroatoms. The highest BCUT2D eigenvalue weighted by molar-refractivity contribution is 5.79. The molecule has 0 aromatic heterocycles. The van der Waals surface area contributed by atoms with Crippen LogP contribution in [0.15, 0.2) is 0 Å². The lowest BCUT2D eigenvalue weighted by atomic mass is 9.90. The smallest absolute Gasteiger partial charge is 0.224 e. The van der Waals surface area contributed by atoms with Gasteiger partial charge in [0.05, 0.1) is 18.6 Å². The Morgan fingerprint density at radius 3 is 2.78 bits per heavy atom. The van der Waals surface area contributed by atoms with Gasteiger partial charge in [0.25, 0.3) is 0 Å². The molecule has 1 amide bonds. The molecule has 3 atom stereocenters. The van der Waals surface area contributed by atoms with Gasteiger partial charge in [-0.05, 0) is 39.2 Å². The summed E-state index contributed by atoms with van der Waals surface area (Å²) in [6, 6.07) is 0.394. The first kappa shape index (κ1) is 15.4. The Balaban J connectivity index is 2.48. The third-order valence-corrected chi connectivity index (χ3v) is 3.73. The van der Waals surface area contributed by atoms with E-state index in [2.05, 4.69) is 31.4 Å². The van der Waals surface area contributed by atoms with Gasteiger partial charge in [-0.15, -0.1) is 0 Å². The van der Waals surface area contributed by atoms with E-state index in [1.54, 1.807) is 0 Å². The van der Waals surface area contributed by atoms with Crippen LogP contribution in [0.4, 0.5) is 0 Å². The molecule has 106 valence electrons. The third-order valence-electron chi connectivity index (χ3n) is 3.73. The normalized spacial score (nSPS) is 26.1. The van der Waals surface area contributed by atoms with Crippen molar-refractivity contribution in [2.24, 2.45) is 11.8 Å². The summed E-state index contributed by atoms with van der Waals surface area (Å²) in [6.07, 6.45) is 2.07. The predicted molar refractivity (Wildman–Crippen MR) is 73.5 cm³/mol. The SMILES string of the molecule is CCOCC(NC(=O)C1CCCNC1C)C(C)C. The van der Waals surface area contributed by atoms with Crippen molar-refractivity contribution in [1.82, 2.24) is 10.6 Å².